The standard InChI is InChI=1S/C15H12ClF3N4O2.H2S/c1-8-7-22(10-2-3-11(12(16)4-10)15(17,18)19)14(24)13-9(6-21-25)5-20-23(8)13;/h2-6,8,25H,7H2,1H3;1H2/b21-6+;/t8-;/m0./s1. The molecule has 140 valence electrons. The lowest BCUT2D eigenvalue weighted by Crippen LogP contribution is -2.43. The molecule has 0 bridgehead atoms. The molecule has 11 heteroatoms. The van der Waals surface area contributed by atoms with Crippen molar-refractivity contribution >= 4 is 42.9 Å². The van der Waals surface area contributed by atoms with E-state index in [1.807, 2.05) is 6.92 Å². The summed E-state index contributed by atoms with van der Waals surface area (Å²) in [5, 5.41) is 15.2. The van der Waals surface area contributed by atoms with Crippen LogP contribution in [-0.4, -0.2) is 33.7 Å². The van der Waals surface area contributed by atoms with Crippen LogP contribution in [0.25, 0.3) is 0 Å². The number of oxime groups is 1. The van der Waals surface area contributed by atoms with E-state index in [1.54, 1.807) is 0 Å². The number of alkyl halides is 3. The van der Waals surface area contributed by atoms with E-state index in [0.717, 1.165) is 18.3 Å². The first kappa shape index (κ1) is 20.1. The summed E-state index contributed by atoms with van der Waals surface area (Å²) >= 11 is 5.75. The van der Waals surface area contributed by atoms with Crippen molar-refractivity contribution in [1.82, 2.24) is 9.78 Å². The largest absolute Gasteiger partial charge is 0.417 e. The zero-order chi connectivity index (χ0) is 18.4. The number of nitrogens with zero attached hydrogens (tertiary/aromatic N) is 4. The summed E-state index contributed by atoms with van der Waals surface area (Å²) in [5.74, 6) is -0.471. The summed E-state index contributed by atoms with van der Waals surface area (Å²) < 4.78 is 40.0. The van der Waals surface area contributed by atoms with Gasteiger partial charge in [-0.05, 0) is 25.1 Å². The molecule has 0 radical (unpaired) electrons. The second kappa shape index (κ2) is 7.20. The van der Waals surface area contributed by atoms with Crippen LogP contribution in [-0.2, 0) is 6.18 Å². The van der Waals surface area contributed by atoms with Crippen molar-refractivity contribution in [1.29, 1.82) is 0 Å². The van der Waals surface area contributed by atoms with Gasteiger partial charge < -0.3 is 10.1 Å². The van der Waals surface area contributed by atoms with Crippen molar-refractivity contribution in [2.24, 2.45) is 5.16 Å². The number of carbonyl (C=O) groups excluding carboxylic acids is 1. The van der Waals surface area contributed by atoms with E-state index in [9.17, 15) is 18.0 Å². The van der Waals surface area contributed by atoms with Gasteiger partial charge in [0.05, 0.1) is 29.0 Å². The molecule has 3 rings (SSSR count). The maximum absolute atomic E-state index is 12.8. The molecule has 1 amide bonds. The highest BCUT2D eigenvalue weighted by Gasteiger charge is 2.36. The van der Waals surface area contributed by atoms with E-state index in [-0.39, 0.29) is 37.5 Å². The zero-order valence-electron chi connectivity index (χ0n) is 13.3. The molecule has 2 heterocycles. The maximum atomic E-state index is 12.8. The average molecular weight is 407 g/mol. The lowest BCUT2D eigenvalue weighted by Gasteiger charge is -2.32. The smallest absolute Gasteiger partial charge is 0.411 e. The van der Waals surface area contributed by atoms with Gasteiger partial charge in [0.2, 0.25) is 0 Å². The molecule has 0 spiro atoms. The Morgan fingerprint density at radius 3 is 2.69 bits per heavy atom. The van der Waals surface area contributed by atoms with Crippen LogP contribution in [0.4, 0.5) is 18.9 Å². The Morgan fingerprint density at radius 1 is 1.42 bits per heavy atom. The van der Waals surface area contributed by atoms with Crippen molar-refractivity contribution < 1.29 is 23.2 Å². The van der Waals surface area contributed by atoms with Crippen LogP contribution in [0.2, 0.25) is 5.02 Å². The first-order valence-electron chi connectivity index (χ1n) is 7.17. The van der Waals surface area contributed by atoms with E-state index in [2.05, 4.69) is 10.3 Å². The number of amides is 1. The predicted molar refractivity (Wildman–Crippen MR) is 94.8 cm³/mol. The Labute approximate surface area is 158 Å². The SMILES string of the molecule is C[C@H]1CN(c2ccc(C(F)(F)F)c(Cl)c2)C(=O)c2c(/C=N/O)cnn21.S. The number of carbonyl (C=O) groups is 1. The Bertz CT molecular complexity index is 869. The van der Waals surface area contributed by atoms with Crippen molar-refractivity contribution in [3.63, 3.8) is 0 Å². The Hall–Kier alpha value is -2.20. The van der Waals surface area contributed by atoms with E-state index < -0.39 is 22.7 Å². The highest BCUT2D eigenvalue weighted by Crippen LogP contribution is 2.37. The van der Waals surface area contributed by atoms with Gasteiger partial charge in [-0.1, -0.05) is 16.8 Å². The molecule has 0 fully saturated rings. The Kier molecular flexibility index (Phi) is 5.57. The van der Waals surface area contributed by atoms with E-state index in [4.69, 9.17) is 16.8 Å². The number of rotatable bonds is 2. The summed E-state index contributed by atoms with van der Waals surface area (Å²) in [5.41, 5.74) is -0.225. The minimum absolute atomic E-state index is 0. The van der Waals surface area contributed by atoms with Crippen LogP contribution in [0.5, 0.6) is 0 Å². The molecule has 1 aromatic carbocycles. The molecule has 1 aliphatic heterocycles. The van der Waals surface area contributed by atoms with Crippen molar-refractivity contribution in [2.45, 2.75) is 19.1 Å². The average Bonchev–Trinajstić information content (AvgIpc) is 2.94. The molecule has 6 nitrogen and oxygen atoms in total. The van der Waals surface area contributed by atoms with E-state index in [0.29, 0.717) is 5.56 Å². The molecule has 1 aromatic heterocycles. The summed E-state index contributed by atoms with van der Waals surface area (Å²) in [6.45, 7) is 2.02. The van der Waals surface area contributed by atoms with Gasteiger partial charge in [-0.25, -0.2) is 0 Å². The lowest BCUT2D eigenvalue weighted by atomic mass is 10.1. The Morgan fingerprint density at radius 2 is 2.12 bits per heavy atom. The minimum atomic E-state index is -4.57. The van der Waals surface area contributed by atoms with E-state index in [1.165, 1.54) is 21.8 Å². The molecule has 1 N–H and O–H groups in total. The lowest BCUT2D eigenvalue weighted by molar-refractivity contribution is -0.137. The predicted octanol–water partition coefficient (Wildman–Crippen LogP) is 3.70. The number of hydrogen-bond donors (Lipinski definition) is 1. The number of halogens is 4. The van der Waals surface area contributed by atoms with Gasteiger partial charge in [-0.3, -0.25) is 9.48 Å². The first-order valence-corrected chi connectivity index (χ1v) is 7.55. The molecular weight excluding hydrogens is 393 g/mol. The fraction of sp³-hybridized carbons (Fsp3) is 0.267. The molecule has 0 aliphatic carbocycles. The molecule has 0 saturated carbocycles. The first-order chi connectivity index (χ1) is 11.7. The minimum Gasteiger partial charge on any atom is -0.411 e. The van der Waals surface area contributed by atoms with Crippen molar-refractivity contribution in [3.05, 3.63) is 46.2 Å². The second-order valence-electron chi connectivity index (χ2n) is 5.56. The monoisotopic (exact) mass is 406 g/mol. The second-order valence-corrected chi connectivity index (χ2v) is 5.97. The van der Waals surface area contributed by atoms with Crippen LogP contribution in [0, 0.1) is 0 Å². The maximum Gasteiger partial charge on any atom is 0.417 e. The summed E-state index contributed by atoms with van der Waals surface area (Å²) in [6, 6.07) is 2.93. The molecule has 2 aromatic rings. The highest BCUT2D eigenvalue weighted by atomic mass is 35.5. The van der Waals surface area contributed by atoms with Crippen LogP contribution in [0.1, 0.15) is 34.6 Å². The number of hydrogen-bond acceptors (Lipinski definition) is 4. The number of aromatic nitrogens is 2. The van der Waals surface area contributed by atoms with Crippen LogP contribution in [0.15, 0.2) is 29.6 Å². The quantitative estimate of drug-likeness (QED) is 0.469. The van der Waals surface area contributed by atoms with Gasteiger partial charge in [-0.15, -0.1) is 0 Å². The Balaban J connectivity index is 0.00000243. The van der Waals surface area contributed by atoms with Gasteiger partial charge >= 0.3 is 6.18 Å². The van der Waals surface area contributed by atoms with Crippen LogP contribution >= 0.6 is 25.1 Å². The third-order valence-corrected chi connectivity index (χ3v) is 4.22. The molecule has 0 saturated heterocycles. The van der Waals surface area contributed by atoms with Gasteiger partial charge in [0.1, 0.15) is 5.69 Å². The molecular formula is C15H14ClF3N4O2S. The van der Waals surface area contributed by atoms with Gasteiger partial charge in [-0.2, -0.15) is 31.8 Å². The molecule has 0 unspecified atom stereocenters. The van der Waals surface area contributed by atoms with Crippen LogP contribution < -0.4 is 4.90 Å². The normalized spacial score (nSPS) is 17.3. The fourth-order valence-electron chi connectivity index (χ4n) is 2.76. The molecule has 1 atom stereocenters. The van der Waals surface area contributed by atoms with Crippen molar-refractivity contribution in [2.75, 3.05) is 11.4 Å². The summed E-state index contributed by atoms with van der Waals surface area (Å²) in [6.07, 6.45) is -2.11. The van der Waals surface area contributed by atoms with E-state index >= 15 is 0 Å². The van der Waals surface area contributed by atoms with Crippen LogP contribution in [0.3, 0.4) is 0 Å². The summed E-state index contributed by atoms with van der Waals surface area (Å²) in [7, 11) is 0. The van der Waals surface area contributed by atoms with Gasteiger partial charge in [0, 0.05) is 17.8 Å². The topological polar surface area (TPSA) is 70.7 Å². The summed E-state index contributed by atoms with van der Waals surface area (Å²) in [4.78, 5) is 14.1. The van der Waals surface area contributed by atoms with Gasteiger partial charge in [0.25, 0.3) is 5.91 Å². The number of benzene rings is 1. The highest BCUT2D eigenvalue weighted by molar-refractivity contribution is 7.59. The third kappa shape index (κ3) is 3.38. The number of fused-ring (bicyclic) bond motifs is 1. The molecule has 26 heavy (non-hydrogen) atoms. The fourth-order valence-corrected chi connectivity index (χ4v) is 3.05. The van der Waals surface area contributed by atoms with Crippen molar-refractivity contribution in [3.8, 4) is 0 Å². The molecule has 1 aliphatic rings. The van der Waals surface area contributed by atoms with Gasteiger partial charge in [0.15, 0.2) is 0 Å². The zero-order valence-corrected chi connectivity index (χ0v) is 15.1. The third-order valence-electron chi connectivity index (χ3n) is 3.90. The number of anilines is 1.